The Bertz CT molecular complexity index is 1220. The van der Waals surface area contributed by atoms with Crippen LogP contribution in [0.15, 0.2) is 41.3 Å². The van der Waals surface area contributed by atoms with E-state index >= 15 is 0 Å². The lowest BCUT2D eigenvalue weighted by molar-refractivity contribution is -0.149. The number of fused-ring (bicyclic) bond motifs is 1. The summed E-state index contributed by atoms with van der Waals surface area (Å²) in [7, 11) is 0. The van der Waals surface area contributed by atoms with Crippen LogP contribution in [0.1, 0.15) is 43.6 Å². The van der Waals surface area contributed by atoms with E-state index in [9.17, 15) is 31.9 Å². The van der Waals surface area contributed by atoms with Crippen molar-refractivity contribution in [2.45, 2.75) is 63.0 Å². The number of alkyl carbamates (subject to hydrolysis) is 1. The maximum absolute atomic E-state index is 14.9. The molecule has 38 heavy (non-hydrogen) atoms. The SMILES string of the molecule is CC(NC(=O)c1cc2c(cc1F)SC[C@H](NC(=O)OC(C)(C)C)C(=O)N2Cc1ccc(Cl)cc1)C(F)(F)F. The van der Waals surface area contributed by atoms with Crippen LogP contribution in [0.4, 0.5) is 28.0 Å². The number of carbonyl (C=O) groups excluding carboxylic acids is 3. The van der Waals surface area contributed by atoms with Gasteiger partial charge in [0.25, 0.3) is 11.8 Å². The number of carbonyl (C=O) groups is 3. The van der Waals surface area contributed by atoms with E-state index in [1.165, 1.54) is 4.90 Å². The molecule has 1 unspecified atom stereocenters. The van der Waals surface area contributed by atoms with Gasteiger partial charge in [0.2, 0.25) is 0 Å². The number of alkyl halides is 3. The van der Waals surface area contributed by atoms with Crippen LogP contribution in [-0.2, 0) is 16.1 Å². The number of rotatable bonds is 5. The summed E-state index contributed by atoms with van der Waals surface area (Å²) in [5, 5.41) is 4.72. The number of benzene rings is 2. The van der Waals surface area contributed by atoms with Crippen molar-refractivity contribution in [1.82, 2.24) is 10.6 Å². The van der Waals surface area contributed by atoms with Crippen LogP contribution >= 0.6 is 23.4 Å². The van der Waals surface area contributed by atoms with E-state index in [4.69, 9.17) is 16.3 Å². The van der Waals surface area contributed by atoms with Gasteiger partial charge in [-0.25, -0.2) is 9.18 Å². The van der Waals surface area contributed by atoms with Gasteiger partial charge in [-0.05, 0) is 57.5 Å². The molecule has 0 radical (unpaired) electrons. The lowest BCUT2D eigenvalue weighted by atomic mass is 10.1. The first-order valence-corrected chi connectivity index (χ1v) is 12.8. The molecule has 0 bridgehead atoms. The van der Waals surface area contributed by atoms with Crippen LogP contribution in [-0.4, -0.2) is 47.5 Å². The Morgan fingerprint density at radius 3 is 2.39 bits per heavy atom. The van der Waals surface area contributed by atoms with Crippen LogP contribution in [0.3, 0.4) is 0 Å². The third-order valence-electron chi connectivity index (χ3n) is 5.34. The summed E-state index contributed by atoms with van der Waals surface area (Å²) in [6, 6.07) is 5.25. The lowest BCUT2D eigenvalue weighted by Gasteiger charge is -2.27. The van der Waals surface area contributed by atoms with Crippen molar-refractivity contribution in [3.63, 3.8) is 0 Å². The largest absolute Gasteiger partial charge is 0.444 e. The molecule has 2 N–H and O–H groups in total. The van der Waals surface area contributed by atoms with Gasteiger partial charge in [0, 0.05) is 15.7 Å². The molecule has 0 saturated heterocycles. The first kappa shape index (κ1) is 29.6. The number of hydrogen-bond acceptors (Lipinski definition) is 5. The molecule has 0 fully saturated rings. The second-order valence-electron chi connectivity index (χ2n) is 9.60. The number of amides is 3. The quantitative estimate of drug-likeness (QED) is 0.447. The van der Waals surface area contributed by atoms with Crippen molar-refractivity contribution in [2.75, 3.05) is 10.7 Å². The van der Waals surface area contributed by atoms with Gasteiger partial charge in [-0.3, -0.25) is 9.59 Å². The highest BCUT2D eigenvalue weighted by atomic mass is 35.5. The molecule has 3 amide bonds. The molecule has 3 rings (SSSR count). The van der Waals surface area contributed by atoms with Crippen molar-refractivity contribution in [3.05, 3.63) is 58.4 Å². The molecule has 2 aromatic carbocycles. The van der Waals surface area contributed by atoms with E-state index in [-0.39, 0.29) is 22.9 Å². The Kier molecular flexibility index (Phi) is 8.87. The third kappa shape index (κ3) is 7.53. The second-order valence-corrected chi connectivity index (χ2v) is 11.1. The Morgan fingerprint density at radius 2 is 1.82 bits per heavy atom. The van der Waals surface area contributed by atoms with Crippen molar-refractivity contribution in [2.24, 2.45) is 0 Å². The van der Waals surface area contributed by atoms with Crippen molar-refractivity contribution in [1.29, 1.82) is 0 Å². The van der Waals surface area contributed by atoms with E-state index < -0.39 is 53.1 Å². The fourth-order valence-electron chi connectivity index (χ4n) is 3.44. The average Bonchev–Trinajstić information content (AvgIpc) is 2.90. The van der Waals surface area contributed by atoms with Gasteiger partial charge in [-0.1, -0.05) is 23.7 Å². The fourth-order valence-corrected chi connectivity index (χ4v) is 4.64. The van der Waals surface area contributed by atoms with Crippen LogP contribution in [0.25, 0.3) is 0 Å². The number of hydrogen-bond donors (Lipinski definition) is 2. The smallest absolute Gasteiger partial charge is 0.408 e. The molecule has 206 valence electrons. The molecule has 2 aromatic rings. The van der Waals surface area contributed by atoms with Crippen molar-refractivity contribution >= 4 is 47.0 Å². The Hall–Kier alpha value is -2.99. The zero-order valence-corrected chi connectivity index (χ0v) is 22.5. The number of anilines is 1. The molecule has 7 nitrogen and oxygen atoms in total. The molecule has 0 aromatic heterocycles. The van der Waals surface area contributed by atoms with E-state index in [1.54, 1.807) is 50.4 Å². The van der Waals surface area contributed by atoms with Crippen LogP contribution in [0, 0.1) is 5.82 Å². The van der Waals surface area contributed by atoms with Gasteiger partial charge >= 0.3 is 12.3 Å². The van der Waals surface area contributed by atoms with Crippen molar-refractivity contribution in [3.8, 4) is 0 Å². The minimum Gasteiger partial charge on any atom is -0.444 e. The summed E-state index contributed by atoms with van der Waals surface area (Å²) >= 11 is 7.00. The second kappa shape index (κ2) is 11.4. The maximum Gasteiger partial charge on any atom is 0.408 e. The van der Waals surface area contributed by atoms with E-state index in [2.05, 4.69) is 5.32 Å². The Labute approximate surface area is 226 Å². The molecule has 2 atom stereocenters. The van der Waals surface area contributed by atoms with E-state index in [0.717, 1.165) is 30.8 Å². The molecule has 1 aliphatic rings. The van der Waals surface area contributed by atoms with Gasteiger partial charge in [-0.2, -0.15) is 13.2 Å². The molecular weight excluding hydrogens is 550 g/mol. The molecule has 0 spiro atoms. The molecule has 0 aliphatic carbocycles. The summed E-state index contributed by atoms with van der Waals surface area (Å²) in [4.78, 5) is 40.1. The van der Waals surface area contributed by atoms with Gasteiger partial charge < -0.3 is 20.3 Å². The Morgan fingerprint density at radius 1 is 1.18 bits per heavy atom. The minimum atomic E-state index is -4.73. The summed E-state index contributed by atoms with van der Waals surface area (Å²) in [6.45, 7) is 5.66. The Balaban J connectivity index is 2.01. The molecular formula is C25H26ClF4N3O4S. The zero-order chi connectivity index (χ0) is 28.4. The summed E-state index contributed by atoms with van der Waals surface area (Å²) in [5.41, 5.74) is -0.754. The number of halogens is 5. The minimum absolute atomic E-state index is 0.0122. The maximum atomic E-state index is 14.9. The number of thioether (sulfide) groups is 1. The summed E-state index contributed by atoms with van der Waals surface area (Å²) in [5.74, 6) is -2.91. The molecule has 1 aliphatic heterocycles. The standard InChI is InChI=1S/C25H26ClF4N3O4S/c1-13(25(28,29)30)31-21(34)16-9-19-20(10-17(16)27)38-12-18(32-23(36)37-24(2,3)4)22(35)33(19)11-14-5-7-15(26)8-6-14/h5-10,13,18H,11-12H2,1-4H3,(H,31,34)(H,32,36)/t13?,18-/m0/s1. The highest BCUT2D eigenvalue weighted by molar-refractivity contribution is 7.99. The number of ether oxygens (including phenoxy) is 1. The zero-order valence-electron chi connectivity index (χ0n) is 20.9. The van der Waals surface area contributed by atoms with Crippen LogP contribution in [0.2, 0.25) is 5.02 Å². The van der Waals surface area contributed by atoms with Gasteiger partial charge in [0.05, 0.1) is 17.8 Å². The predicted molar refractivity (Wildman–Crippen MR) is 136 cm³/mol. The first-order valence-electron chi connectivity index (χ1n) is 11.4. The van der Waals surface area contributed by atoms with E-state index in [1.807, 2.05) is 0 Å². The highest BCUT2D eigenvalue weighted by Crippen LogP contribution is 2.37. The normalized spacial score (nSPS) is 16.8. The van der Waals surface area contributed by atoms with Gasteiger partial charge in [0.1, 0.15) is 23.5 Å². The predicted octanol–water partition coefficient (Wildman–Crippen LogP) is 5.69. The summed E-state index contributed by atoms with van der Waals surface area (Å²) < 4.78 is 59.1. The molecule has 1 heterocycles. The lowest BCUT2D eigenvalue weighted by Crippen LogP contribution is -2.50. The first-order chi connectivity index (χ1) is 17.5. The number of nitrogens with zero attached hydrogens (tertiary/aromatic N) is 1. The van der Waals surface area contributed by atoms with Crippen LogP contribution < -0.4 is 15.5 Å². The monoisotopic (exact) mass is 575 g/mol. The van der Waals surface area contributed by atoms with Gasteiger partial charge in [-0.15, -0.1) is 11.8 Å². The molecule has 0 saturated carbocycles. The fraction of sp³-hybridized carbons (Fsp3) is 0.400. The topological polar surface area (TPSA) is 87.7 Å². The number of nitrogens with one attached hydrogen (secondary N) is 2. The van der Waals surface area contributed by atoms with E-state index in [0.29, 0.717) is 10.6 Å². The van der Waals surface area contributed by atoms with Gasteiger partial charge in [0.15, 0.2) is 0 Å². The van der Waals surface area contributed by atoms with Crippen molar-refractivity contribution < 1.29 is 36.7 Å². The highest BCUT2D eigenvalue weighted by Gasteiger charge is 2.38. The third-order valence-corrected chi connectivity index (χ3v) is 6.73. The summed E-state index contributed by atoms with van der Waals surface area (Å²) in [6.07, 6.45) is -5.56. The molecule has 13 heteroatoms. The van der Waals surface area contributed by atoms with Crippen LogP contribution in [0.5, 0.6) is 0 Å². The average molecular weight is 576 g/mol.